The summed E-state index contributed by atoms with van der Waals surface area (Å²) < 4.78 is 16.5. The van der Waals surface area contributed by atoms with Crippen molar-refractivity contribution in [3.8, 4) is 0 Å². The van der Waals surface area contributed by atoms with Gasteiger partial charge in [-0.1, -0.05) is 24.3 Å². The number of benzene rings is 1. The van der Waals surface area contributed by atoms with Crippen molar-refractivity contribution >= 4 is 29.9 Å². The van der Waals surface area contributed by atoms with Crippen LogP contribution in [0.5, 0.6) is 0 Å². The Bertz CT molecular complexity index is 680. The Balaban J connectivity index is 0.00000341. The summed E-state index contributed by atoms with van der Waals surface area (Å²) in [7, 11) is 1.71. The molecule has 1 atom stereocenters. The second-order valence-electron chi connectivity index (χ2n) is 8.55. The maximum atomic E-state index is 5.76. The third kappa shape index (κ3) is 7.30. The first kappa shape index (κ1) is 26.4. The van der Waals surface area contributed by atoms with Crippen molar-refractivity contribution in [2.45, 2.75) is 38.5 Å². The van der Waals surface area contributed by atoms with E-state index < -0.39 is 0 Å². The van der Waals surface area contributed by atoms with E-state index in [9.17, 15) is 0 Å². The number of aliphatic imine (C=N–C) groups is 1. The summed E-state index contributed by atoms with van der Waals surface area (Å²) in [5.74, 6) is 1.59. The summed E-state index contributed by atoms with van der Waals surface area (Å²) >= 11 is 0. The van der Waals surface area contributed by atoms with Gasteiger partial charge in [0, 0.05) is 51.3 Å². The molecule has 0 aliphatic carbocycles. The molecule has 176 valence electrons. The maximum Gasteiger partial charge on any atom is 0.193 e. The predicted molar refractivity (Wildman–Crippen MR) is 137 cm³/mol. The summed E-state index contributed by atoms with van der Waals surface area (Å²) in [5.41, 5.74) is 2.85. The van der Waals surface area contributed by atoms with Gasteiger partial charge in [-0.3, -0.25) is 4.99 Å². The molecule has 1 unspecified atom stereocenters. The number of nitrogens with zero attached hydrogens (tertiary/aromatic N) is 2. The first-order valence-corrected chi connectivity index (χ1v) is 11.4. The number of nitrogens with one attached hydrogen (secondary N) is 1. The highest BCUT2D eigenvalue weighted by molar-refractivity contribution is 14.0. The Morgan fingerprint density at radius 3 is 2.74 bits per heavy atom. The van der Waals surface area contributed by atoms with Crippen LogP contribution in [0.1, 0.15) is 37.3 Å². The average Bonchev–Trinajstić information content (AvgIpc) is 3.24. The molecule has 1 N–H and O–H groups in total. The van der Waals surface area contributed by atoms with Gasteiger partial charge in [0.05, 0.1) is 26.4 Å². The van der Waals surface area contributed by atoms with Crippen molar-refractivity contribution in [2.24, 2.45) is 10.9 Å². The number of halogens is 1. The van der Waals surface area contributed by atoms with Crippen LogP contribution in [0.3, 0.4) is 0 Å². The molecule has 3 rings (SSSR count). The summed E-state index contributed by atoms with van der Waals surface area (Å²) in [6.07, 6.45) is 3.20. The minimum Gasteiger partial charge on any atom is -0.382 e. The molecule has 0 saturated carbocycles. The third-order valence-electron chi connectivity index (χ3n) is 6.40. The number of methoxy groups -OCH3 is 1. The van der Waals surface area contributed by atoms with Gasteiger partial charge >= 0.3 is 0 Å². The lowest BCUT2D eigenvalue weighted by Crippen LogP contribution is -2.43. The van der Waals surface area contributed by atoms with Gasteiger partial charge in [-0.2, -0.15) is 0 Å². The van der Waals surface area contributed by atoms with Gasteiger partial charge in [0.1, 0.15) is 0 Å². The van der Waals surface area contributed by atoms with Crippen LogP contribution in [0.2, 0.25) is 0 Å². The molecule has 0 aromatic heterocycles. The number of hydrogen-bond donors (Lipinski definition) is 1. The van der Waals surface area contributed by atoms with Crippen LogP contribution >= 0.6 is 24.0 Å². The van der Waals surface area contributed by atoms with Crippen LogP contribution in [0.25, 0.3) is 0 Å². The second-order valence-corrected chi connectivity index (χ2v) is 8.55. The van der Waals surface area contributed by atoms with Crippen LogP contribution in [0, 0.1) is 12.8 Å². The van der Waals surface area contributed by atoms with E-state index >= 15 is 0 Å². The highest BCUT2D eigenvalue weighted by atomic mass is 127. The second kappa shape index (κ2) is 13.6. The van der Waals surface area contributed by atoms with Crippen molar-refractivity contribution < 1.29 is 14.2 Å². The third-order valence-corrected chi connectivity index (χ3v) is 6.40. The van der Waals surface area contributed by atoms with Gasteiger partial charge in [0.15, 0.2) is 5.96 Å². The summed E-state index contributed by atoms with van der Waals surface area (Å²) in [6, 6.07) is 8.78. The topological polar surface area (TPSA) is 55.3 Å². The van der Waals surface area contributed by atoms with Crippen molar-refractivity contribution in [3.05, 3.63) is 35.4 Å². The Labute approximate surface area is 205 Å². The zero-order valence-electron chi connectivity index (χ0n) is 19.4. The molecule has 7 heteroatoms. The lowest BCUT2D eigenvalue weighted by molar-refractivity contribution is 0.0525. The molecule has 2 heterocycles. The van der Waals surface area contributed by atoms with E-state index in [1.807, 2.05) is 0 Å². The summed E-state index contributed by atoms with van der Waals surface area (Å²) in [6.45, 7) is 11.8. The Hall–Kier alpha value is -0.900. The van der Waals surface area contributed by atoms with Crippen LogP contribution in [0.4, 0.5) is 0 Å². The molecule has 2 aliphatic heterocycles. The molecule has 0 bridgehead atoms. The predicted octanol–water partition coefficient (Wildman–Crippen LogP) is 3.61. The van der Waals surface area contributed by atoms with E-state index in [-0.39, 0.29) is 29.4 Å². The van der Waals surface area contributed by atoms with E-state index in [1.165, 1.54) is 11.1 Å². The number of aryl methyl sites for hydroxylation is 1. The van der Waals surface area contributed by atoms with E-state index in [4.69, 9.17) is 19.2 Å². The highest BCUT2D eigenvalue weighted by Gasteiger charge is 2.36. The number of guanidine groups is 1. The quantitative estimate of drug-likeness (QED) is 0.223. The van der Waals surface area contributed by atoms with Gasteiger partial charge in [-0.25, -0.2) is 0 Å². The number of ether oxygens (including phenoxy) is 3. The van der Waals surface area contributed by atoms with Gasteiger partial charge < -0.3 is 24.4 Å². The standard InChI is InChI=1S/C24H39N3O3.HI/c1-4-25-23(27-12-9-21(17-27)18-30-16-15-28-3)26-19-24(10-13-29-14-11-24)22-8-6-5-7-20(22)2;/h5-8,21H,4,9-19H2,1-3H3,(H,25,26);1H. The Morgan fingerprint density at radius 1 is 1.26 bits per heavy atom. The van der Waals surface area contributed by atoms with E-state index in [1.54, 1.807) is 7.11 Å². The normalized spacial score (nSPS) is 21.1. The fraction of sp³-hybridized carbons (Fsp3) is 0.708. The molecule has 0 spiro atoms. The largest absolute Gasteiger partial charge is 0.382 e. The van der Waals surface area contributed by atoms with Gasteiger partial charge in [-0.05, 0) is 44.2 Å². The SMILES string of the molecule is CCNC(=NCC1(c2ccccc2C)CCOCC1)N1CCC(COCCOC)C1.I. The first-order valence-electron chi connectivity index (χ1n) is 11.4. The molecule has 6 nitrogen and oxygen atoms in total. The molecule has 2 saturated heterocycles. The minimum atomic E-state index is 0. The van der Waals surface area contributed by atoms with Crippen molar-refractivity contribution in [1.82, 2.24) is 10.2 Å². The molecular weight excluding hydrogens is 505 g/mol. The Kier molecular flexibility index (Phi) is 11.6. The van der Waals surface area contributed by atoms with E-state index in [0.29, 0.717) is 19.1 Å². The van der Waals surface area contributed by atoms with Crippen molar-refractivity contribution in [1.29, 1.82) is 0 Å². The molecule has 1 aromatic carbocycles. The smallest absolute Gasteiger partial charge is 0.193 e. The zero-order chi connectivity index (χ0) is 21.2. The van der Waals surface area contributed by atoms with Gasteiger partial charge in [-0.15, -0.1) is 24.0 Å². The van der Waals surface area contributed by atoms with Gasteiger partial charge in [0.2, 0.25) is 0 Å². The first-order chi connectivity index (χ1) is 14.7. The number of hydrogen-bond acceptors (Lipinski definition) is 4. The number of likely N-dealkylation sites (tertiary alicyclic amines) is 1. The van der Waals surface area contributed by atoms with Crippen molar-refractivity contribution in [2.75, 3.05) is 66.3 Å². The van der Waals surface area contributed by atoms with E-state index in [2.05, 4.69) is 48.3 Å². The van der Waals surface area contributed by atoms with Crippen molar-refractivity contribution in [3.63, 3.8) is 0 Å². The fourth-order valence-electron chi connectivity index (χ4n) is 4.65. The zero-order valence-corrected chi connectivity index (χ0v) is 21.7. The van der Waals surface area contributed by atoms with Crippen LogP contribution in [-0.2, 0) is 19.6 Å². The molecule has 0 radical (unpaired) electrons. The lowest BCUT2D eigenvalue weighted by Gasteiger charge is -2.38. The monoisotopic (exact) mass is 545 g/mol. The summed E-state index contributed by atoms with van der Waals surface area (Å²) in [5, 5.41) is 3.53. The molecule has 2 fully saturated rings. The highest BCUT2D eigenvalue weighted by Crippen LogP contribution is 2.37. The molecule has 0 amide bonds. The Morgan fingerprint density at radius 2 is 2.03 bits per heavy atom. The van der Waals surface area contributed by atoms with Gasteiger partial charge in [0.25, 0.3) is 0 Å². The fourth-order valence-corrected chi connectivity index (χ4v) is 4.65. The van der Waals surface area contributed by atoms with Crippen LogP contribution in [-0.4, -0.2) is 77.2 Å². The summed E-state index contributed by atoms with van der Waals surface area (Å²) in [4.78, 5) is 7.57. The minimum absolute atomic E-state index is 0. The van der Waals surface area contributed by atoms with E-state index in [0.717, 1.165) is 71.2 Å². The lowest BCUT2D eigenvalue weighted by atomic mass is 9.72. The average molecular weight is 546 g/mol. The molecule has 31 heavy (non-hydrogen) atoms. The van der Waals surface area contributed by atoms with Crippen LogP contribution < -0.4 is 5.32 Å². The molecule has 2 aliphatic rings. The number of rotatable bonds is 9. The molecular formula is C24H40IN3O3. The molecule has 1 aromatic rings. The maximum absolute atomic E-state index is 5.76. The van der Waals surface area contributed by atoms with Crippen LogP contribution in [0.15, 0.2) is 29.3 Å².